The summed E-state index contributed by atoms with van der Waals surface area (Å²) in [6.45, 7) is 2.19. The van der Waals surface area contributed by atoms with Crippen LogP contribution in [0.4, 0.5) is 0 Å². The minimum Gasteiger partial charge on any atom is -0.537 e. The molecular weight excluding hydrogens is 223 g/mol. The van der Waals surface area contributed by atoms with Crippen LogP contribution in [0.1, 0.15) is 18.9 Å². The van der Waals surface area contributed by atoms with E-state index in [0.29, 0.717) is 13.4 Å². The van der Waals surface area contributed by atoms with Gasteiger partial charge in [-0.05, 0) is 35.2 Å². The van der Waals surface area contributed by atoms with Crippen molar-refractivity contribution in [2.24, 2.45) is 0 Å². The van der Waals surface area contributed by atoms with Gasteiger partial charge in [0.2, 0.25) is 0 Å². The topological polar surface area (TPSA) is 29.5 Å². The molecule has 0 atom stereocenters. The highest BCUT2D eigenvalue weighted by molar-refractivity contribution is 6.17. The third-order valence-corrected chi connectivity index (χ3v) is 2.87. The van der Waals surface area contributed by atoms with Gasteiger partial charge >= 0.3 is 7.69 Å². The number of rotatable bonds is 5. The molecule has 0 aliphatic heterocycles. The van der Waals surface area contributed by atoms with Gasteiger partial charge in [-0.15, -0.1) is 0 Å². The first-order valence-electron chi connectivity index (χ1n) is 6.15. The summed E-state index contributed by atoms with van der Waals surface area (Å²) in [5, 5.41) is 8.54. The Balaban J connectivity index is 2.15. The van der Waals surface area contributed by atoms with Gasteiger partial charge in [-0.2, -0.15) is 0 Å². The van der Waals surface area contributed by atoms with Crippen LogP contribution in [0.15, 0.2) is 48.5 Å². The van der Waals surface area contributed by atoms with Crippen LogP contribution in [-0.4, -0.2) is 12.7 Å². The summed E-state index contributed by atoms with van der Waals surface area (Å²) in [6.07, 6.45) is 2.29. The van der Waals surface area contributed by atoms with Crippen LogP contribution in [0, 0.1) is 0 Å². The van der Waals surface area contributed by atoms with Gasteiger partial charge in [-0.25, -0.2) is 0 Å². The quantitative estimate of drug-likeness (QED) is 0.811. The zero-order valence-corrected chi connectivity index (χ0v) is 10.5. The minimum absolute atomic E-state index is 0.629. The van der Waals surface area contributed by atoms with E-state index in [9.17, 15) is 0 Å². The predicted molar refractivity (Wildman–Crippen MR) is 74.5 cm³/mol. The van der Waals surface area contributed by atoms with Crippen molar-refractivity contribution < 1.29 is 9.68 Å². The fourth-order valence-electron chi connectivity index (χ4n) is 1.94. The summed E-state index contributed by atoms with van der Waals surface area (Å²) >= 11 is 0. The molecule has 0 aliphatic carbocycles. The predicted octanol–water partition coefficient (Wildman–Crippen LogP) is 3.21. The van der Waals surface area contributed by atoms with Crippen molar-refractivity contribution in [3.63, 3.8) is 0 Å². The Morgan fingerprint density at radius 1 is 0.944 bits per heavy atom. The molecule has 0 aliphatic rings. The lowest BCUT2D eigenvalue weighted by Crippen LogP contribution is -1.99. The third kappa shape index (κ3) is 3.14. The summed E-state index contributed by atoms with van der Waals surface area (Å²) in [7, 11) is 0.689. The molecule has 0 amide bonds. The van der Waals surface area contributed by atoms with Crippen LogP contribution in [0.5, 0.6) is 5.75 Å². The highest BCUT2D eigenvalue weighted by Crippen LogP contribution is 2.22. The molecule has 2 rings (SSSR count). The molecular formula is C15H16BO2. The monoisotopic (exact) mass is 239 g/mol. The summed E-state index contributed by atoms with van der Waals surface area (Å²) in [6, 6.07) is 16.2. The molecule has 1 N–H and O–H groups in total. The van der Waals surface area contributed by atoms with Crippen molar-refractivity contribution in [3.05, 3.63) is 54.1 Å². The van der Waals surface area contributed by atoms with Crippen LogP contribution in [0.3, 0.4) is 0 Å². The van der Waals surface area contributed by atoms with Gasteiger partial charge in [0.15, 0.2) is 0 Å². The standard InChI is InChI=1S/C15H16BO2/c1-2-3-12-4-6-13(7-5-12)14-8-10-15(11-9-14)18-16-17/h4-11,17H,2-3H2,1H3. The molecule has 0 spiro atoms. The first-order chi connectivity index (χ1) is 8.83. The Kier molecular flexibility index (Phi) is 4.43. The van der Waals surface area contributed by atoms with Gasteiger partial charge in [-0.3, -0.25) is 0 Å². The molecule has 3 heteroatoms. The van der Waals surface area contributed by atoms with E-state index in [4.69, 9.17) is 9.68 Å². The van der Waals surface area contributed by atoms with E-state index in [2.05, 4.69) is 31.2 Å². The molecule has 0 heterocycles. The number of hydrogen-bond donors (Lipinski definition) is 1. The van der Waals surface area contributed by atoms with Crippen molar-refractivity contribution in [3.8, 4) is 16.9 Å². The van der Waals surface area contributed by atoms with Crippen LogP contribution in [-0.2, 0) is 6.42 Å². The van der Waals surface area contributed by atoms with E-state index in [0.717, 1.165) is 12.0 Å². The summed E-state index contributed by atoms with van der Waals surface area (Å²) in [4.78, 5) is 0. The Morgan fingerprint density at radius 2 is 1.50 bits per heavy atom. The van der Waals surface area contributed by atoms with Crippen LogP contribution < -0.4 is 4.65 Å². The molecule has 0 fully saturated rings. The van der Waals surface area contributed by atoms with Gasteiger partial charge in [-0.1, -0.05) is 49.7 Å². The van der Waals surface area contributed by atoms with Gasteiger partial charge in [0.25, 0.3) is 0 Å². The molecule has 2 nitrogen and oxygen atoms in total. The molecule has 0 bridgehead atoms. The smallest absolute Gasteiger partial charge is 0.537 e. The Hall–Kier alpha value is -1.74. The van der Waals surface area contributed by atoms with Crippen LogP contribution >= 0.6 is 0 Å². The van der Waals surface area contributed by atoms with Crippen molar-refractivity contribution in [2.75, 3.05) is 0 Å². The number of benzene rings is 2. The number of hydrogen-bond acceptors (Lipinski definition) is 2. The van der Waals surface area contributed by atoms with Crippen LogP contribution in [0.25, 0.3) is 11.1 Å². The molecule has 91 valence electrons. The average molecular weight is 239 g/mol. The summed E-state index contributed by atoms with van der Waals surface area (Å²) in [5.41, 5.74) is 3.70. The zero-order valence-electron chi connectivity index (χ0n) is 10.5. The Labute approximate surface area is 109 Å². The van der Waals surface area contributed by atoms with Crippen molar-refractivity contribution >= 4 is 7.69 Å². The van der Waals surface area contributed by atoms with E-state index in [1.54, 1.807) is 0 Å². The minimum atomic E-state index is 0.629. The fourth-order valence-corrected chi connectivity index (χ4v) is 1.94. The van der Waals surface area contributed by atoms with Crippen LogP contribution in [0.2, 0.25) is 0 Å². The van der Waals surface area contributed by atoms with Crippen molar-refractivity contribution in [1.82, 2.24) is 0 Å². The lowest BCUT2D eigenvalue weighted by Gasteiger charge is -2.06. The fraction of sp³-hybridized carbons (Fsp3) is 0.200. The lowest BCUT2D eigenvalue weighted by molar-refractivity contribution is 0.454. The second-order valence-electron chi connectivity index (χ2n) is 4.19. The second-order valence-corrected chi connectivity index (χ2v) is 4.19. The Bertz CT molecular complexity index is 429. The van der Waals surface area contributed by atoms with Crippen molar-refractivity contribution in [2.45, 2.75) is 19.8 Å². The maximum absolute atomic E-state index is 8.54. The molecule has 18 heavy (non-hydrogen) atoms. The third-order valence-electron chi connectivity index (χ3n) is 2.87. The van der Waals surface area contributed by atoms with Gasteiger partial charge in [0.05, 0.1) is 0 Å². The maximum atomic E-state index is 8.54. The molecule has 2 aromatic rings. The molecule has 0 saturated carbocycles. The lowest BCUT2D eigenvalue weighted by atomic mass is 10.0. The van der Waals surface area contributed by atoms with Gasteiger partial charge < -0.3 is 9.68 Å². The molecule has 1 radical (unpaired) electrons. The van der Waals surface area contributed by atoms with E-state index < -0.39 is 0 Å². The summed E-state index contributed by atoms with van der Waals surface area (Å²) in [5.74, 6) is 0.629. The van der Waals surface area contributed by atoms with Gasteiger partial charge in [0.1, 0.15) is 5.75 Å². The Morgan fingerprint density at radius 3 is 2.00 bits per heavy atom. The maximum Gasteiger partial charge on any atom is 0.569 e. The normalized spacial score (nSPS) is 10.1. The van der Waals surface area contributed by atoms with E-state index in [-0.39, 0.29) is 0 Å². The largest absolute Gasteiger partial charge is 0.569 e. The van der Waals surface area contributed by atoms with Crippen molar-refractivity contribution in [1.29, 1.82) is 0 Å². The van der Waals surface area contributed by atoms with E-state index in [1.165, 1.54) is 17.5 Å². The van der Waals surface area contributed by atoms with E-state index >= 15 is 0 Å². The first kappa shape index (κ1) is 12.7. The average Bonchev–Trinajstić information content (AvgIpc) is 2.41. The van der Waals surface area contributed by atoms with E-state index in [1.807, 2.05) is 24.3 Å². The highest BCUT2D eigenvalue weighted by atomic mass is 16.5. The van der Waals surface area contributed by atoms with Gasteiger partial charge in [0, 0.05) is 0 Å². The molecule has 0 aromatic heterocycles. The zero-order chi connectivity index (χ0) is 12.8. The highest BCUT2D eigenvalue weighted by Gasteiger charge is 1.99. The molecule has 0 unspecified atom stereocenters. The molecule has 0 saturated heterocycles. The summed E-state index contributed by atoms with van der Waals surface area (Å²) < 4.78 is 4.88. The molecule has 2 aromatic carbocycles. The number of aryl methyl sites for hydroxylation is 1. The first-order valence-corrected chi connectivity index (χ1v) is 6.15. The SMILES string of the molecule is CCCc1ccc(-c2ccc(O[B]O)cc2)cc1. The second kappa shape index (κ2) is 6.27.